The number of likely N-dealkylation sites (N-methyl/N-ethyl adjacent to an activating group) is 1. The van der Waals surface area contributed by atoms with Gasteiger partial charge < -0.3 is 5.32 Å². The third-order valence-corrected chi connectivity index (χ3v) is 4.11. The molecule has 3 aromatic rings. The molecular formula is C19H23N7O. The van der Waals surface area contributed by atoms with Gasteiger partial charge in [-0.2, -0.15) is 4.98 Å². The fourth-order valence-corrected chi connectivity index (χ4v) is 2.70. The van der Waals surface area contributed by atoms with E-state index >= 15 is 0 Å². The normalized spacial score (nSPS) is 12.0. The first kappa shape index (κ1) is 18.5. The monoisotopic (exact) mass is 365 g/mol. The van der Waals surface area contributed by atoms with Gasteiger partial charge in [-0.15, -0.1) is 5.10 Å². The van der Waals surface area contributed by atoms with Crippen molar-refractivity contribution in [1.82, 2.24) is 30.4 Å². The third-order valence-electron chi connectivity index (χ3n) is 4.11. The van der Waals surface area contributed by atoms with E-state index in [4.69, 9.17) is 0 Å². The van der Waals surface area contributed by atoms with Crippen molar-refractivity contribution < 1.29 is 4.79 Å². The molecule has 2 amide bonds. The minimum Gasteiger partial charge on any atom is -0.336 e. The van der Waals surface area contributed by atoms with Crippen LogP contribution in [0.3, 0.4) is 0 Å². The number of anilines is 1. The Labute approximate surface area is 158 Å². The summed E-state index contributed by atoms with van der Waals surface area (Å²) >= 11 is 0. The van der Waals surface area contributed by atoms with E-state index in [2.05, 4.69) is 30.8 Å². The van der Waals surface area contributed by atoms with Gasteiger partial charge in [0, 0.05) is 18.3 Å². The maximum atomic E-state index is 12.2. The molecule has 2 heterocycles. The Morgan fingerprint density at radius 3 is 2.78 bits per heavy atom. The number of aryl methyl sites for hydroxylation is 1. The number of carbonyl (C=O) groups is 1. The Morgan fingerprint density at radius 2 is 2.07 bits per heavy atom. The average Bonchev–Trinajstić information content (AvgIpc) is 3.11. The van der Waals surface area contributed by atoms with Crippen LogP contribution in [0.15, 0.2) is 48.7 Å². The maximum Gasteiger partial charge on any atom is 0.321 e. The minimum atomic E-state index is -0.368. The molecule has 8 nitrogen and oxygen atoms in total. The van der Waals surface area contributed by atoms with E-state index in [0.29, 0.717) is 12.4 Å². The van der Waals surface area contributed by atoms with Gasteiger partial charge in [0.25, 0.3) is 0 Å². The van der Waals surface area contributed by atoms with Crippen LogP contribution >= 0.6 is 0 Å². The number of rotatable bonds is 6. The van der Waals surface area contributed by atoms with Crippen molar-refractivity contribution in [3.8, 4) is 11.4 Å². The van der Waals surface area contributed by atoms with Crippen LogP contribution in [-0.4, -0.2) is 51.7 Å². The predicted molar refractivity (Wildman–Crippen MR) is 104 cm³/mol. The molecular weight excluding hydrogens is 342 g/mol. The summed E-state index contributed by atoms with van der Waals surface area (Å²) in [6, 6.07) is 13.2. The Balaban J connectivity index is 1.59. The largest absolute Gasteiger partial charge is 0.336 e. The maximum absolute atomic E-state index is 12.2. The molecule has 27 heavy (non-hydrogen) atoms. The fraction of sp³-hybridized carbons (Fsp3) is 0.263. The van der Waals surface area contributed by atoms with Crippen LogP contribution in [0.2, 0.25) is 0 Å². The van der Waals surface area contributed by atoms with Crippen LogP contribution in [0.4, 0.5) is 10.7 Å². The molecule has 0 bridgehead atoms. The van der Waals surface area contributed by atoms with E-state index in [1.165, 1.54) is 0 Å². The molecule has 1 atom stereocenters. The molecule has 1 unspecified atom stereocenters. The van der Waals surface area contributed by atoms with E-state index < -0.39 is 0 Å². The van der Waals surface area contributed by atoms with Gasteiger partial charge in [0.05, 0.1) is 11.7 Å². The van der Waals surface area contributed by atoms with Gasteiger partial charge in [0.2, 0.25) is 5.95 Å². The van der Waals surface area contributed by atoms with Gasteiger partial charge in [-0.1, -0.05) is 29.8 Å². The molecule has 3 rings (SSSR count). The summed E-state index contributed by atoms with van der Waals surface area (Å²) in [5.41, 5.74) is 2.93. The van der Waals surface area contributed by atoms with Crippen molar-refractivity contribution in [3.05, 3.63) is 59.9 Å². The van der Waals surface area contributed by atoms with Crippen LogP contribution in [0, 0.1) is 6.92 Å². The summed E-state index contributed by atoms with van der Waals surface area (Å²) in [7, 11) is 3.89. The first-order valence-electron chi connectivity index (χ1n) is 8.64. The second-order valence-corrected chi connectivity index (χ2v) is 6.45. The minimum absolute atomic E-state index is 0.0352. The van der Waals surface area contributed by atoms with Gasteiger partial charge in [0.1, 0.15) is 0 Å². The second-order valence-electron chi connectivity index (χ2n) is 6.45. The second kappa shape index (κ2) is 8.41. The summed E-state index contributed by atoms with van der Waals surface area (Å²) in [5, 5.41) is 12.4. The highest BCUT2D eigenvalue weighted by Gasteiger charge is 2.17. The standard InChI is InChI=1S/C19H23N7O/c1-13-7-6-8-14(11-13)17-22-18(25-24-17)23-19(27)21-12-16(26(2)3)15-9-4-5-10-20-15/h4-11,16H,12H2,1-3H3,(H3,21,22,23,24,25,27). The molecule has 140 valence electrons. The third kappa shape index (κ3) is 4.89. The van der Waals surface area contributed by atoms with Crippen LogP contribution in [-0.2, 0) is 0 Å². The number of aromatic nitrogens is 4. The summed E-state index contributed by atoms with van der Waals surface area (Å²) in [6.45, 7) is 2.42. The molecule has 0 fully saturated rings. The number of hydrogen-bond donors (Lipinski definition) is 3. The van der Waals surface area contributed by atoms with Crippen molar-refractivity contribution in [2.24, 2.45) is 0 Å². The lowest BCUT2D eigenvalue weighted by molar-refractivity contribution is 0.242. The predicted octanol–water partition coefficient (Wildman–Crippen LogP) is 2.60. The molecule has 0 spiro atoms. The first-order chi connectivity index (χ1) is 13.0. The summed E-state index contributed by atoms with van der Waals surface area (Å²) in [6.07, 6.45) is 1.74. The van der Waals surface area contributed by atoms with Gasteiger partial charge >= 0.3 is 6.03 Å². The molecule has 1 aromatic carbocycles. The summed E-state index contributed by atoms with van der Waals surface area (Å²) < 4.78 is 0. The van der Waals surface area contributed by atoms with Crippen LogP contribution in [0.1, 0.15) is 17.3 Å². The molecule has 2 aromatic heterocycles. The number of H-pyrrole nitrogens is 1. The van der Waals surface area contributed by atoms with E-state index in [1.54, 1.807) is 6.20 Å². The van der Waals surface area contributed by atoms with E-state index in [-0.39, 0.29) is 18.0 Å². The van der Waals surface area contributed by atoms with E-state index in [1.807, 2.05) is 68.4 Å². The molecule has 0 saturated carbocycles. The van der Waals surface area contributed by atoms with Crippen LogP contribution in [0.5, 0.6) is 0 Å². The Bertz CT molecular complexity index is 892. The van der Waals surface area contributed by atoms with Crippen molar-refractivity contribution >= 4 is 12.0 Å². The molecule has 3 N–H and O–H groups in total. The number of pyridine rings is 1. The van der Waals surface area contributed by atoms with Gasteiger partial charge in [-0.25, -0.2) is 4.79 Å². The smallest absolute Gasteiger partial charge is 0.321 e. The highest BCUT2D eigenvalue weighted by atomic mass is 16.2. The zero-order valence-corrected chi connectivity index (χ0v) is 15.6. The highest BCUT2D eigenvalue weighted by molar-refractivity contribution is 5.87. The molecule has 0 aliphatic heterocycles. The fourth-order valence-electron chi connectivity index (χ4n) is 2.70. The number of nitrogens with zero attached hydrogens (tertiary/aromatic N) is 4. The molecule has 8 heteroatoms. The Kier molecular flexibility index (Phi) is 5.77. The van der Waals surface area contributed by atoms with Crippen molar-refractivity contribution in [2.45, 2.75) is 13.0 Å². The topological polar surface area (TPSA) is 98.8 Å². The number of urea groups is 1. The number of amides is 2. The number of carbonyl (C=O) groups excluding carboxylic acids is 1. The zero-order chi connectivity index (χ0) is 19.2. The molecule has 0 saturated heterocycles. The lowest BCUT2D eigenvalue weighted by Gasteiger charge is -2.23. The van der Waals surface area contributed by atoms with E-state index in [9.17, 15) is 4.79 Å². The number of benzene rings is 1. The Hall–Kier alpha value is -3.26. The SMILES string of the molecule is Cc1cccc(-c2nc(NC(=O)NCC(c3ccccn3)N(C)C)n[nH]2)c1. The van der Waals surface area contributed by atoms with Crippen LogP contribution in [0.25, 0.3) is 11.4 Å². The summed E-state index contributed by atoms with van der Waals surface area (Å²) in [5.74, 6) is 0.830. The van der Waals surface area contributed by atoms with Crippen LogP contribution < -0.4 is 10.6 Å². The van der Waals surface area contributed by atoms with Gasteiger partial charge in [-0.3, -0.25) is 20.3 Å². The molecule has 0 aliphatic rings. The number of aromatic amines is 1. The molecule has 0 radical (unpaired) electrons. The summed E-state index contributed by atoms with van der Waals surface area (Å²) in [4.78, 5) is 22.9. The van der Waals surface area contributed by atoms with Gasteiger partial charge in [0.15, 0.2) is 5.82 Å². The highest BCUT2D eigenvalue weighted by Crippen LogP contribution is 2.17. The van der Waals surface area contributed by atoms with Crippen molar-refractivity contribution in [1.29, 1.82) is 0 Å². The number of hydrogen-bond acceptors (Lipinski definition) is 5. The number of nitrogens with one attached hydrogen (secondary N) is 3. The lowest BCUT2D eigenvalue weighted by Crippen LogP contribution is -2.37. The van der Waals surface area contributed by atoms with Crippen molar-refractivity contribution in [2.75, 3.05) is 26.0 Å². The lowest BCUT2D eigenvalue weighted by atomic mass is 10.1. The zero-order valence-electron chi connectivity index (χ0n) is 15.6. The van der Waals surface area contributed by atoms with Gasteiger partial charge in [-0.05, 0) is 39.2 Å². The molecule has 0 aliphatic carbocycles. The first-order valence-corrected chi connectivity index (χ1v) is 8.64. The van der Waals surface area contributed by atoms with E-state index in [0.717, 1.165) is 16.8 Å². The quantitative estimate of drug-likeness (QED) is 0.624. The Morgan fingerprint density at radius 1 is 1.22 bits per heavy atom. The average molecular weight is 365 g/mol. The van der Waals surface area contributed by atoms with Crippen molar-refractivity contribution in [3.63, 3.8) is 0 Å².